The highest BCUT2D eigenvalue weighted by Gasteiger charge is 2.03. The van der Waals surface area contributed by atoms with Crippen molar-refractivity contribution >= 4 is 11.7 Å². The highest BCUT2D eigenvalue weighted by Crippen LogP contribution is 2.03. The van der Waals surface area contributed by atoms with Gasteiger partial charge in [-0.25, -0.2) is 4.98 Å². The van der Waals surface area contributed by atoms with Gasteiger partial charge in [0.05, 0.1) is 6.54 Å². The Hall–Kier alpha value is -1.62. The Labute approximate surface area is 82.7 Å². The van der Waals surface area contributed by atoms with Crippen LogP contribution in [0.5, 0.6) is 0 Å². The molecule has 0 fully saturated rings. The zero-order valence-electron chi connectivity index (χ0n) is 8.10. The second kappa shape index (κ2) is 4.57. The zero-order valence-corrected chi connectivity index (χ0v) is 8.10. The number of primary amides is 1. The molecule has 0 radical (unpaired) electrons. The predicted molar refractivity (Wildman–Crippen MR) is 54.2 cm³/mol. The first-order valence-electron chi connectivity index (χ1n) is 4.25. The van der Waals surface area contributed by atoms with Gasteiger partial charge in [-0.1, -0.05) is 6.07 Å². The SMILES string of the molecule is CN(CC(N)=O)Cc1ccc(N)nc1. The minimum Gasteiger partial charge on any atom is -0.384 e. The summed E-state index contributed by atoms with van der Waals surface area (Å²) in [7, 11) is 1.82. The maximum absolute atomic E-state index is 10.6. The molecule has 0 saturated carbocycles. The number of nitrogen functional groups attached to an aromatic ring is 1. The molecule has 0 spiro atoms. The van der Waals surface area contributed by atoms with Gasteiger partial charge < -0.3 is 11.5 Å². The summed E-state index contributed by atoms with van der Waals surface area (Å²) in [5.74, 6) is 0.155. The van der Waals surface area contributed by atoms with Gasteiger partial charge in [-0.15, -0.1) is 0 Å². The van der Waals surface area contributed by atoms with Gasteiger partial charge in [0.15, 0.2) is 0 Å². The van der Waals surface area contributed by atoms with E-state index in [9.17, 15) is 4.79 Å². The third-order valence-corrected chi connectivity index (χ3v) is 1.73. The van der Waals surface area contributed by atoms with E-state index in [1.807, 2.05) is 18.0 Å². The van der Waals surface area contributed by atoms with Crippen LogP contribution in [0.15, 0.2) is 18.3 Å². The molecule has 1 aromatic heterocycles. The number of anilines is 1. The second-order valence-electron chi connectivity index (χ2n) is 3.23. The van der Waals surface area contributed by atoms with Crippen molar-refractivity contribution in [3.63, 3.8) is 0 Å². The number of nitrogens with two attached hydrogens (primary N) is 2. The fourth-order valence-corrected chi connectivity index (χ4v) is 1.16. The molecule has 1 aromatic rings. The first-order chi connectivity index (χ1) is 6.58. The van der Waals surface area contributed by atoms with Crippen LogP contribution in [-0.4, -0.2) is 29.4 Å². The molecule has 0 unspecified atom stereocenters. The van der Waals surface area contributed by atoms with Gasteiger partial charge in [0.1, 0.15) is 5.82 Å². The first kappa shape index (κ1) is 10.5. The quantitative estimate of drug-likeness (QED) is 0.681. The summed E-state index contributed by atoms with van der Waals surface area (Å²) >= 11 is 0. The molecule has 5 nitrogen and oxygen atoms in total. The molecule has 0 atom stereocenters. The van der Waals surface area contributed by atoms with Crippen molar-refractivity contribution in [2.24, 2.45) is 5.73 Å². The van der Waals surface area contributed by atoms with Crippen LogP contribution < -0.4 is 11.5 Å². The average molecular weight is 194 g/mol. The number of hydrogen-bond donors (Lipinski definition) is 2. The van der Waals surface area contributed by atoms with E-state index >= 15 is 0 Å². The lowest BCUT2D eigenvalue weighted by molar-refractivity contribution is -0.118. The van der Waals surface area contributed by atoms with Crippen molar-refractivity contribution < 1.29 is 4.79 Å². The highest BCUT2D eigenvalue weighted by molar-refractivity contribution is 5.75. The van der Waals surface area contributed by atoms with Gasteiger partial charge in [0, 0.05) is 12.7 Å². The Bertz CT molecular complexity index is 309. The standard InChI is InChI=1S/C9H14N4O/c1-13(6-9(11)14)5-7-2-3-8(10)12-4-7/h2-4H,5-6H2,1H3,(H2,10,12)(H2,11,14). The van der Waals surface area contributed by atoms with Gasteiger partial charge in [0.25, 0.3) is 0 Å². The summed E-state index contributed by atoms with van der Waals surface area (Å²) in [6, 6.07) is 3.60. The Balaban J connectivity index is 2.51. The van der Waals surface area contributed by atoms with E-state index in [4.69, 9.17) is 11.5 Å². The van der Waals surface area contributed by atoms with E-state index < -0.39 is 0 Å². The van der Waals surface area contributed by atoms with Crippen LogP contribution in [0, 0.1) is 0 Å². The lowest BCUT2D eigenvalue weighted by Crippen LogP contribution is -2.30. The van der Waals surface area contributed by atoms with Gasteiger partial charge in [-0.3, -0.25) is 9.69 Å². The number of carbonyl (C=O) groups excluding carboxylic acids is 1. The lowest BCUT2D eigenvalue weighted by Gasteiger charge is -2.13. The fourth-order valence-electron chi connectivity index (χ4n) is 1.16. The van der Waals surface area contributed by atoms with Crippen LogP contribution in [0.4, 0.5) is 5.82 Å². The van der Waals surface area contributed by atoms with Crippen LogP contribution in [0.2, 0.25) is 0 Å². The van der Waals surface area contributed by atoms with Crippen molar-refractivity contribution in [1.29, 1.82) is 0 Å². The van der Waals surface area contributed by atoms with Crippen molar-refractivity contribution in [3.8, 4) is 0 Å². The molecular formula is C9H14N4O. The summed E-state index contributed by atoms with van der Waals surface area (Å²) in [5, 5.41) is 0. The number of hydrogen-bond acceptors (Lipinski definition) is 4. The van der Waals surface area contributed by atoms with Gasteiger partial charge in [-0.2, -0.15) is 0 Å². The van der Waals surface area contributed by atoms with Crippen LogP contribution in [0.3, 0.4) is 0 Å². The van der Waals surface area contributed by atoms with Crippen LogP contribution in [0.25, 0.3) is 0 Å². The molecule has 4 N–H and O–H groups in total. The topological polar surface area (TPSA) is 85.2 Å². The Morgan fingerprint density at radius 2 is 2.29 bits per heavy atom. The zero-order chi connectivity index (χ0) is 10.6. The van der Waals surface area contributed by atoms with Crippen molar-refractivity contribution in [2.75, 3.05) is 19.3 Å². The third-order valence-electron chi connectivity index (χ3n) is 1.73. The second-order valence-corrected chi connectivity index (χ2v) is 3.23. The van der Waals surface area contributed by atoms with E-state index in [2.05, 4.69) is 4.98 Å². The number of carbonyl (C=O) groups is 1. The maximum Gasteiger partial charge on any atom is 0.231 e. The van der Waals surface area contributed by atoms with Gasteiger partial charge >= 0.3 is 0 Å². The maximum atomic E-state index is 10.6. The van der Waals surface area contributed by atoms with Crippen molar-refractivity contribution in [3.05, 3.63) is 23.9 Å². The van der Waals surface area contributed by atoms with E-state index in [1.165, 1.54) is 0 Å². The molecule has 0 aliphatic rings. The molecule has 14 heavy (non-hydrogen) atoms. The third kappa shape index (κ3) is 3.40. The van der Waals surface area contributed by atoms with E-state index in [1.54, 1.807) is 12.3 Å². The summed E-state index contributed by atoms with van der Waals surface area (Å²) in [4.78, 5) is 16.4. The summed E-state index contributed by atoms with van der Waals surface area (Å²) in [6.45, 7) is 0.876. The number of amides is 1. The number of aromatic nitrogens is 1. The van der Waals surface area contributed by atoms with E-state index in [0.717, 1.165) is 5.56 Å². The number of likely N-dealkylation sites (N-methyl/N-ethyl adjacent to an activating group) is 1. The molecule has 1 heterocycles. The average Bonchev–Trinajstić information content (AvgIpc) is 2.07. The van der Waals surface area contributed by atoms with Crippen LogP contribution >= 0.6 is 0 Å². The van der Waals surface area contributed by atoms with E-state index in [0.29, 0.717) is 12.4 Å². The Morgan fingerprint density at radius 1 is 1.57 bits per heavy atom. The predicted octanol–water partition coefficient (Wildman–Crippen LogP) is -0.419. The molecule has 1 rings (SSSR count). The fraction of sp³-hybridized carbons (Fsp3) is 0.333. The van der Waals surface area contributed by atoms with Crippen LogP contribution in [-0.2, 0) is 11.3 Å². The number of pyridine rings is 1. The molecular weight excluding hydrogens is 180 g/mol. The van der Waals surface area contributed by atoms with Gasteiger partial charge in [0.2, 0.25) is 5.91 Å². The normalized spacial score (nSPS) is 10.4. The van der Waals surface area contributed by atoms with E-state index in [-0.39, 0.29) is 12.5 Å². The summed E-state index contributed by atoms with van der Waals surface area (Å²) < 4.78 is 0. The molecule has 0 aliphatic carbocycles. The molecule has 0 aromatic carbocycles. The summed E-state index contributed by atoms with van der Waals surface area (Å²) in [5.41, 5.74) is 11.5. The lowest BCUT2D eigenvalue weighted by atomic mass is 10.2. The monoisotopic (exact) mass is 194 g/mol. The molecule has 76 valence electrons. The first-order valence-corrected chi connectivity index (χ1v) is 4.25. The number of rotatable bonds is 4. The molecule has 0 bridgehead atoms. The molecule has 5 heteroatoms. The summed E-state index contributed by atoms with van der Waals surface area (Å²) in [6.07, 6.45) is 1.69. The molecule has 0 aliphatic heterocycles. The minimum atomic E-state index is -0.337. The Morgan fingerprint density at radius 3 is 2.79 bits per heavy atom. The van der Waals surface area contributed by atoms with Crippen LogP contribution in [0.1, 0.15) is 5.56 Å². The van der Waals surface area contributed by atoms with Crippen molar-refractivity contribution in [1.82, 2.24) is 9.88 Å². The highest BCUT2D eigenvalue weighted by atomic mass is 16.1. The van der Waals surface area contributed by atoms with Crippen molar-refractivity contribution in [2.45, 2.75) is 6.54 Å². The minimum absolute atomic E-state index is 0.240. The van der Waals surface area contributed by atoms with Gasteiger partial charge in [-0.05, 0) is 18.7 Å². The number of nitrogens with zero attached hydrogens (tertiary/aromatic N) is 2. The smallest absolute Gasteiger partial charge is 0.231 e. The largest absolute Gasteiger partial charge is 0.384 e. The molecule has 0 saturated heterocycles. The molecule has 1 amide bonds. The Kier molecular flexibility index (Phi) is 3.41.